The zero-order valence-corrected chi connectivity index (χ0v) is 13.7. The quantitative estimate of drug-likeness (QED) is 0.906. The Hall–Kier alpha value is -2.01. The fourth-order valence-electron chi connectivity index (χ4n) is 2.00. The van der Waals surface area contributed by atoms with E-state index in [-0.39, 0.29) is 5.91 Å². The summed E-state index contributed by atoms with van der Waals surface area (Å²) < 4.78 is 11.4. The van der Waals surface area contributed by atoms with Crippen LogP contribution in [-0.4, -0.2) is 20.1 Å². The van der Waals surface area contributed by atoms with Gasteiger partial charge in [-0.1, -0.05) is 28.1 Å². The third-order valence-corrected chi connectivity index (χ3v) is 4.03. The molecule has 0 heterocycles. The number of methoxy groups -OCH3 is 2. The molecule has 2 aromatic rings. The van der Waals surface area contributed by atoms with E-state index in [1.165, 1.54) is 14.2 Å². The molecule has 0 fully saturated rings. The molecule has 0 aliphatic carbocycles. The lowest BCUT2D eigenvalue weighted by atomic mass is 10.1. The lowest BCUT2D eigenvalue weighted by Crippen LogP contribution is -2.15. The number of ether oxygens (including phenoxy) is 2. The molecule has 0 radical (unpaired) electrons. The molecule has 0 atom stereocenters. The van der Waals surface area contributed by atoms with Gasteiger partial charge in [0.1, 0.15) is 17.1 Å². The van der Waals surface area contributed by atoms with E-state index >= 15 is 0 Å². The van der Waals surface area contributed by atoms with Crippen molar-refractivity contribution in [2.24, 2.45) is 0 Å². The number of carbonyl (C=O) groups is 1. The molecule has 2 rings (SSSR count). The summed E-state index contributed by atoms with van der Waals surface area (Å²) in [5.74, 6) is 0.671. The van der Waals surface area contributed by atoms with Crippen LogP contribution in [0.3, 0.4) is 0 Å². The van der Waals surface area contributed by atoms with Crippen molar-refractivity contribution in [3.8, 4) is 11.5 Å². The minimum absolute atomic E-state index is 0.273. The maximum Gasteiger partial charge on any atom is 0.263 e. The topological polar surface area (TPSA) is 47.6 Å². The van der Waals surface area contributed by atoms with Crippen LogP contribution in [0, 0.1) is 6.92 Å². The van der Waals surface area contributed by atoms with Crippen molar-refractivity contribution < 1.29 is 14.3 Å². The fraction of sp³-hybridized carbons (Fsp3) is 0.188. The van der Waals surface area contributed by atoms with Crippen molar-refractivity contribution >= 4 is 27.5 Å². The first-order valence-corrected chi connectivity index (χ1v) is 7.15. The third-order valence-electron chi connectivity index (χ3n) is 3.17. The summed E-state index contributed by atoms with van der Waals surface area (Å²) in [5.41, 5.74) is 2.07. The van der Waals surface area contributed by atoms with Gasteiger partial charge in [0.25, 0.3) is 5.91 Å². The first-order chi connectivity index (χ1) is 10.1. The average molecular weight is 350 g/mol. The molecule has 1 amide bonds. The number of carbonyl (C=O) groups excluding carboxylic acids is 1. The molecule has 5 heteroatoms. The van der Waals surface area contributed by atoms with Crippen molar-refractivity contribution in [3.63, 3.8) is 0 Å². The van der Waals surface area contributed by atoms with Gasteiger partial charge in [0, 0.05) is 10.2 Å². The number of anilines is 1. The molecule has 0 aromatic heterocycles. The van der Waals surface area contributed by atoms with Gasteiger partial charge >= 0.3 is 0 Å². The van der Waals surface area contributed by atoms with E-state index in [4.69, 9.17) is 9.47 Å². The van der Waals surface area contributed by atoms with E-state index in [2.05, 4.69) is 21.2 Å². The van der Waals surface area contributed by atoms with E-state index in [9.17, 15) is 4.79 Å². The van der Waals surface area contributed by atoms with E-state index in [0.29, 0.717) is 17.1 Å². The van der Waals surface area contributed by atoms with Crippen molar-refractivity contribution in [2.45, 2.75) is 6.92 Å². The number of benzene rings is 2. The third kappa shape index (κ3) is 3.19. The molecule has 0 saturated heterocycles. The Morgan fingerprint density at radius 3 is 2.19 bits per heavy atom. The van der Waals surface area contributed by atoms with Gasteiger partial charge in [-0.05, 0) is 36.8 Å². The second-order valence-corrected chi connectivity index (χ2v) is 5.26. The fourth-order valence-corrected chi connectivity index (χ4v) is 2.37. The Balaban J connectivity index is 2.39. The SMILES string of the molecule is COc1cccc(OC)c1C(=O)Nc1cccc(Br)c1C. The maximum absolute atomic E-state index is 12.6. The van der Waals surface area contributed by atoms with Gasteiger partial charge in [-0.3, -0.25) is 4.79 Å². The number of amides is 1. The zero-order chi connectivity index (χ0) is 15.4. The highest BCUT2D eigenvalue weighted by Crippen LogP contribution is 2.30. The Morgan fingerprint density at radius 2 is 1.62 bits per heavy atom. The minimum Gasteiger partial charge on any atom is -0.496 e. The number of halogens is 1. The predicted octanol–water partition coefficient (Wildman–Crippen LogP) is 4.03. The molecule has 2 aromatic carbocycles. The predicted molar refractivity (Wildman–Crippen MR) is 86.4 cm³/mol. The largest absolute Gasteiger partial charge is 0.496 e. The van der Waals surface area contributed by atoms with E-state index in [1.807, 2.05) is 25.1 Å². The van der Waals surface area contributed by atoms with Crippen LogP contribution in [0.2, 0.25) is 0 Å². The second-order valence-electron chi connectivity index (χ2n) is 4.40. The maximum atomic E-state index is 12.6. The lowest BCUT2D eigenvalue weighted by Gasteiger charge is -2.14. The van der Waals surface area contributed by atoms with Crippen LogP contribution in [0.1, 0.15) is 15.9 Å². The van der Waals surface area contributed by atoms with Gasteiger partial charge in [-0.25, -0.2) is 0 Å². The van der Waals surface area contributed by atoms with Gasteiger partial charge in [0.05, 0.1) is 14.2 Å². The molecule has 0 aliphatic heterocycles. The highest BCUT2D eigenvalue weighted by molar-refractivity contribution is 9.10. The van der Waals surface area contributed by atoms with Crippen molar-refractivity contribution in [2.75, 3.05) is 19.5 Å². The van der Waals surface area contributed by atoms with Gasteiger partial charge in [-0.2, -0.15) is 0 Å². The lowest BCUT2D eigenvalue weighted by molar-refractivity contribution is 0.102. The Kier molecular flexibility index (Phi) is 4.85. The number of hydrogen-bond donors (Lipinski definition) is 1. The van der Waals surface area contributed by atoms with E-state index < -0.39 is 0 Å². The molecular weight excluding hydrogens is 334 g/mol. The zero-order valence-electron chi connectivity index (χ0n) is 12.1. The molecule has 4 nitrogen and oxygen atoms in total. The average Bonchev–Trinajstić information content (AvgIpc) is 2.50. The van der Waals surface area contributed by atoms with Crippen LogP contribution < -0.4 is 14.8 Å². The van der Waals surface area contributed by atoms with Gasteiger partial charge in [0.15, 0.2) is 0 Å². The number of nitrogens with one attached hydrogen (secondary N) is 1. The molecule has 0 bridgehead atoms. The summed E-state index contributed by atoms with van der Waals surface area (Å²) in [5, 5.41) is 2.89. The highest BCUT2D eigenvalue weighted by atomic mass is 79.9. The molecule has 0 saturated carbocycles. The van der Waals surface area contributed by atoms with Gasteiger partial charge in [-0.15, -0.1) is 0 Å². The van der Waals surface area contributed by atoms with Crippen molar-refractivity contribution in [3.05, 3.63) is 52.0 Å². The Bertz CT molecular complexity index is 648. The second kappa shape index (κ2) is 6.63. The molecule has 21 heavy (non-hydrogen) atoms. The molecule has 110 valence electrons. The summed E-state index contributed by atoms with van der Waals surface area (Å²) >= 11 is 3.45. The first kappa shape index (κ1) is 15.4. The standard InChI is InChI=1S/C16H16BrNO3/c1-10-11(17)6-4-7-12(10)18-16(19)15-13(20-2)8-5-9-14(15)21-3/h4-9H,1-3H3,(H,18,19). The summed E-state index contributed by atoms with van der Waals surface area (Å²) in [6, 6.07) is 10.9. The highest BCUT2D eigenvalue weighted by Gasteiger charge is 2.19. The monoisotopic (exact) mass is 349 g/mol. The molecule has 1 N–H and O–H groups in total. The summed E-state index contributed by atoms with van der Waals surface area (Å²) in [4.78, 5) is 12.6. The Morgan fingerprint density at radius 1 is 1.05 bits per heavy atom. The Labute approximate surface area is 132 Å². The van der Waals surface area contributed by atoms with Gasteiger partial charge in [0.2, 0.25) is 0 Å². The summed E-state index contributed by atoms with van der Waals surface area (Å²) in [6.07, 6.45) is 0. The normalized spacial score (nSPS) is 10.1. The molecule has 0 aliphatic rings. The molecular formula is C16H16BrNO3. The van der Waals surface area contributed by atoms with Crippen LogP contribution in [0.5, 0.6) is 11.5 Å². The number of hydrogen-bond acceptors (Lipinski definition) is 3. The van der Waals surface area contributed by atoms with Gasteiger partial charge < -0.3 is 14.8 Å². The van der Waals surface area contributed by atoms with Crippen molar-refractivity contribution in [1.82, 2.24) is 0 Å². The van der Waals surface area contributed by atoms with E-state index in [1.54, 1.807) is 18.2 Å². The van der Waals surface area contributed by atoms with Crippen LogP contribution in [0.15, 0.2) is 40.9 Å². The smallest absolute Gasteiger partial charge is 0.263 e. The van der Waals surface area contributed by atoms with Crippen LogP contribution in [0.4, 0.5) is 5.69 Å². The van der Waals surface area contributed by atoms with Crippen LogP contribution in [0.25, 0.3) is 0 Å². The van der Waals surface area contributed by atoms with Crippen molar-refractivity contribution in [1.29, 1.82) is 0 Å². The molecule has 0 unspecified atom stereocenters. The molecule has 0 spiro atoms. The number of rotatable bonds is 4. The minimum atomic E-state index is -0.273. The van der Waals surface area contributed by atoms with Crippen LogP contribution in [-0.2, 0) is 0 Å². The van der Waals surface area contributed by atoms with E-state index in [0.717, 1.165) is 15.7 Å². The summed E-state index contributed by atoms with van der Waals surface area (Å²) in [7, 11) is 3.05. The van der Waals surface area contributed by atoms with Crippen LogP contribution >= 0.6 is 15.9 Å². The summed E-state index contributed by atoms with van der Waals surface area (Å²) in [6.45, 7) is 1.93. The first-order valence-electron chi connectivity index (χ1n) is 6.36.